The molecule has 0 N–H and O–H groups in total. The third-order valence-electron chi connectivity index (χ3n) is 3.42. The van der Waals surface area contributed by atoms with Crippen molar-refractivity contribution in [3.8, 4) is 6.07 Å². The fraction of sp³-hybridized carbons (Fsp3) is 0.312. The first-order valence-corrected chi connectivity index (χ1v) is 7.56. The van der Waals surface area contributed by atoms with Crippen LogP contribution < -0.4 is 0 Å². The summed E-state index contributed by atoms with van der Waals surface area (Å²) >= 11 is 11.3. The second kappa shape index (κ2) is 6.91. The van der Waals surface area contributed by atoms with Crippen molar-refractivity contribution in [2.24, 2.45) is 10.9 Å². The molecule has 1 aromatic carbocycles. The van der Waals surface area contributed by atoms with E-state index in [0.29, 0.717) is 16.3 Å². The molecule has 6 heteroatoms. The first-order valence-electron chi connectivity index (χ1n) is 6.78. The van der Waals surface area contributed by atoms with Crippen molar-refractivity contribution >= 4 is 35.2 Å². The molecule has 0 aromatic heterocycles. The summed E-state index contributed by atoms with van der Waals surface area (Å²) in [4.78, 5) is 16.5. The van der Waals surface area contributed by atoms with Gasteiger partial charge in [0.05, 0.1) is 24.2 Å². The van der Waals surface area contributed by atoms with Crippen molar-refractivity contribution < 1.29 is 9.53 Å². The number of hydrogen-bond acceptors (Lipinski definition) is 5. The standard InChI is InChI=1S/C16H15ClN2O2S/c1-3-21-16(20)13-9(2)19-15(22)12(8-18)14(13)10-5-4-6-11(17)7-10/h4-7,12,14H,3H2,1-2H3,(H,19,22)/p-1/t12-,14+/m0/s1. The monoisotopic (exact) mass is 333 g/mol. The van der Waals surface area contributed by atoms with E-state index in [1.165, 1.54) is 0 Å². The first-order chi connectivity index (χ1) is 10.5. The fourth-order valence-corrected chi connectivity index (χ4v) is 3.03. The normalized spacial score (nSPS) is 21.1. The molecule has 2 atom stereocenters. The molecule has 22 heavy (non-hydrogen) atoms. The molecule has 4 nitrogen and oxygen atoms in total. The Balaban J connectivity index is 2.61. The van der Waals surface area contributed by atoms with Crippen LogP contribution in [-0.2, 0) is 22.2 Å². The zero-order valence-corrected chi connectivity index (χ0v) is 13.7. The number of carbonyl (C=O) groups excluding carboxylic acids is 1. The predicted octanol–water partition coefficient (Wildman–Crippen LogP) is 3.36. The third-order valence-corrected chi connectivity index (χ3v) is 4.00. The van der Waals surface area contributed by atoms with Crippen LogP contribution >= 0.6 is 11.6 Å². The van der Waals surface area contributed by atoms with Gasteiger partial charge in [0.2, 0.25) is 0 Å². The SMILES string of the molecule is CCOC(=O)C1=C(C)N=C([S-])[C@@H](C#N)[C@H]1c1cccc(Cl)c1. The maximum absolute atomic E-state index is 12.3. The zero-order valence-electron chi connectivity index (χ0n) is 12.2. The Kier molecular flexibility index (Phi) is 5.17. The number of ether oxygens (including phenoxy) is 1. The Hall–Kier alpha value is -1.90. The van der Waals surface area contributed by atoms with Gasteiger partial charge in [-0.3, -0.25) is 4.99 Å². The summed E-state index contributed by atoms with van der Waals surface area (Å²) in [5, 5.41) is 10.3. The molecule has 114 valence electrons. The average molecular weight is 334 g/mol. The van der Waals surface area contributed by atoms with Crippen LogP contribution in [0.15, 0.2) is 40.5 Å². The molecule has 0 unspecified atom stereocenters. The van der Waals surface area contributed by atoms with Gasteiger partial charge in [-0.1, -0.05) is 28.8 Å². The van der Waals surface area contributed by atoms with E-state index in [9.17, 15) is 10.1 Å². The van der Waals surface area contributed by atoms with Gasteiger partial charge < -0.3 is 17.4 Å². The van der Waals surface area contributed by atoms with Crippen LogP contribution in [0.1, 0.15) is 25.3 Å². The number of nitriles is 1. The van der Waals surface area contributed by atoms with Crippen LogP contribution in [0.3, 0.4) is 0 Å². The van der Waals surface area contributed by atoms with Crippen LogP contribution in [0.25, 0.3) is 0 Å². The second-order valence-electron chi connectivity index (χ2n) is 4.81. The van der Waals surface area contributed by atoms with Gasteiger partial charge >= 0.3 is 5.97 Å². The Morgan fingerprint density at radius 3 is 2.86 bits per heavy atom. The maximum Gasteiger partial charge on any atom is 0.336 e. The van der Waals surface area contributed by atoms with Gasteiger partial charge in [-0.2, -0.15) is 5.26 Å². The highest BCUT2D eigenvalue weighted by molar-refractivity contribution is 7.77. The van der Waals surface area contributed by atoms with Gasteiger partial charge in [0.15, 0.2) is 0 Å². The van der Waals surface area contributed by atoms with Gasteiger partial charge in [-0.25, -0.2) is 4.79 Å². The predicted molar refractivity (Wildman–Crippen MR) is 87.4 cm³/mol. The average Bonchev–Trinajstić information content (AvgIpc) is 2.46. The number of aliphatic imine (C=N–C) groups is 1. The van der Waals surface area contributed by atoms with Crippen LogP contribution in [0, 0.1) is 17.2 Å². The lowest BCUT2D eigenvalue weighted by atomic mass is 9.79. The topological polar surface area (TPSA) is 62.4 Å². The summed E-state index contributed by atoms with van der Waals surface area (Å²) in [6.45, 7) is 3.68. The molecular weight excluding hydrogens is 320 g/mol. The molecule has 0 aliphatic carbocycles. The molecule has 0 radical (unpaired) electrons. The number of rotatable bonds is 3. The Labute approximate surface area is 139 Å². The van der Waals surface area contributed by atoms with E-state index in [0.717, 1.165) is 5.56 Å². The van der Waals surface area contributed by atoms with Crippen molar-refractivity contribution in [3.05, 3.63) is 46.1 Å². The molecule has 0 bridgehead atoms. The third kappa shape index (κ3) is 3.13. The molecule has 0 spiro atoms. The van der Waals surface area contributed by atoms with Gasteiger partial charge in [0.1, 0.15) is 0 Å². The maximum atomic E-state index is 12.3. The minimum Gasteiger partial charge on any atom is -0.763 e. The van der Waals surface area contributed by atoms with Crippen LogP contribution in [-0.4, -0.2) is 17.6 Å². The lowest BCUT2D eigenvalue weighted by molar-refractivity contribution is -0.139. The van der Waals surface area contributed by atoms with Gasteiger partial charge in [0.25, 0.3) is 0 Å². The smallest absolute Gasteiger partial charge is 0.336 e. The highest BCUT2D eigenvalue weighted by Crippen LogP contribution is 2.39. The largest absolute Gasteiger partial charge is 0.763 e. The highest BCUT2D eigenvalue weighted by Gasteiger charge is 2.35. The van der Waals surface area contributed by atoms with E-state index in [4.69, 9.17) is 29.0 Å². The summed E-state index contributed by atoms with van der Waals surface area (Å²) in [7, 11) is 0. The van der Waals surface area contributed by atoms with Crippen molar-refractivity contribution in [3.63, 3.8) is 0 Å². The highest BCUT2D eigenvalue weighted by atomic mass is 35.5. The van der Waals surface area contributed by atoms with E-state index >= 15 is 0 Å². The number of halogens is 1. The lowest BCUT2D eigenvalue weighted by Crippen LogP contribution is -2.29. The second-order valence-corrected chi connectivity index (χ2v) is 5.66. The molecule has 0 amide bonds. The van der Waals surface area contributed by atoms with Crippen molar-refractivity contribution in [1.82, 2.24) is 0 Å². The number of nitrogens with zero attached hydrogens (tertiary/aromatic N) is 2. The molecule has 1 aliphatic heterocycles. The summed E-state index contributed by atoms with van der Waals surface area (Å²) in [5.41, 5.74) is 1.60. The van der Waals surface area contributed by atoms with E-state index in [2.05, 4.69) is 11.1 Å². The summed E-state index contributed by atoms with van der Waals surface area (Å²) in [6.07, 6.45) is 0. The van der Waals surface area contributed by atoms with Crippen molar-refractivity contribution in [2.75, 3.05) is 6.61 Å². The molecule has 2 rings (SSSR count). The van der Waals surface area contributed by atoms with Crippen LogP contribution in [0.5, 0.6) is 0 Å². The number of benzene rings is 1. The Morgan fingerprint density at radius 2 is 2.27 bits per heavy atom. The number of carbonyl (C=O) groups is 1. The van der Waals surface area contributed by atoms with E-state index in [1.54, 1.807) is 32.0 Å². The van der Waals surface area contributed by atoms with Crippen LogP contribution in [0.2, 0.25) is 5.02 Å². The summed E-state index contributed by atoms with van der Waals surface area (Å²) in [5.74, 6) is -1.69. The van der Waals surface area contributed by atoms with E-state index in [-0.39, 0.29) is 11.7 Å². The zero-order chi connectivity index (χ0) is 16.3. The Morgan fingerprint density at radius 1 is 1.55 bits per heavy atom. The molecule has 0 fully saturated rings. The Bertz CT molecular complexity index is 706. The minimum absolute atomic E-state index is 0.250. The fourth-order valence-electron chi connectivity index (χ4n) is 2.50. The van der Waals surface area contributed by atoms with E-state index < -0.39 is 17.8 Å². The lowest BCUT2D eigenvalue weighted by Gasteiger charge is -2.33. The van der Waals surface area contributed by atoms with Gasteiger partial charge in [-0.15, -0.1) is 0 Å². The molecular formula is C16H14ClN2O2S-. The van der Waals surface area contributed by atoms with Crippen molar-refractivity contribution in [2.45, 2.75) is 19.8 Å². The molecule has 1 aromatic rings. The van der Waals surface area contributed by atoms with Crippen molar-refractivity contribution in [1.29, 1.82) is 5.26 Å². The summed E-state index contributed by atoms with van der Waals surface area (Å²) in [6, 6.07) is 9.21. The van der Waals surface area contributed by atoms with Gasteiger partial charge in [0, 0.05) is 16.6 Å². The quantitative estimate of drug-likeness (QED) is 0.628. The number of allylic oxidation sites excluding steroid dienone is 1. The number of hydrogen-bond donors (Lipinski definition) is 0. The summed E-state index contributed by atoms with van der Waals surface area (Å²) < 4.78 is 5.12. The molecule has 0 saturated carbocycles. The molecule has 1 aliphatic rings. The molecule has 0 saturated heterocycles. The van der Waals surface area contributed by atoms with Crippen LogP contribution in [0.4, 0.5) is 0 Å². The first kappa shape index (κ1) is 16.5. The minimum atomic E-state index is -0.698. The molecule has 1 heterocycles. The number of esters is 1. The van der Waals surface area contributed by atoms with Gasteiger partial charge in [-0.05, 0) is 31.5 Å². The van der Waals surface area contributed by atoms with E-state index in [1.807, 2.05) is 6.07 Å².